The molecule has 0 saturated carbocycles. The molecule has 1 amide bonds. The number of carboxylic acid groups (broad SMARTS) is 2. The summed E-state index contributed by atoms with van der Waals surface area (Å²) < 4.78 is 0. The lowest BCUT2D eigenvalue weighted by Gasteiger charge is -2.14. The Kier molecular flexibility index (Phi) is 7.56. The lowest BCUT2D eigenvalue weighted by Crippen LogP contribution is -2.41. The molecule has 3 aromatic rings. The molecule has 33 heavy (non-hydrogen) atoms. The molecule has 0 saturated heterocycles. The number of carbonyl (C=O) groups excluding carboxylic acids is 1. The molecule has 0 aliphatic heterocycles. The maximum atomic E-state index is 12.3. The molecular weight excluding hydrogens is 450 g/mol. The Labute approximate surface area is 192 Å². The third kappa shape index (κ3) is 6.26. The summed E-state index contributed by atoms with van der Waals surface area (Å²) in [5, 5.41) is 23.9. The smallest absolute Gasteiger partial charge is 0.326 e. The van der Waals surface area contributed by atoms with E-state index in [1.54, 1.807) is 18.3 Å². The van der Waals surface area contributed by atoms with Crippen LogP contribution in [0.4, 0.5) is 11.5 Å². The first-order chi connectivity index (χ1) is 15.8. The van der Waals surface area contributed by atoms with Crippen molar-refractivity contribution in [2.45, 2.75) is 30.6 Å². The van der Waals surface area contributed by atoms with Gasteiger partial charge < -0.3 is 26.6 Å². The van der Waals surface area contributed by atoms with Gasteiger partial charge in [-0.05, 0) is 36.9 Å². The number of thioether (sulfide) groups is 1. The van der Waals surface area contributed by atoms with E-state index in [4.69, 9.17) is 15.9 Å². The molecule has 1 atom stereocenters. The highest BCUT2D eigenvalue weighted by Crippen LogP contribution is 2.19. The Morgan fingerprint density at radius 2 is 1.85 bits per heavy atom. The fourth-order valence-electron chi connectivity index (χ4n) is 2.82. The second-order valence-electron chi connectivity index (χ2n) is 6.86. The standard InChI is InChI=1S/C20H21N7O5S/c1-33-20-26-16(21)15-17(27-20)23-9-12(24-15)8-22-11-4-2-10(3-5-11)18(30)25-13(19(31)32)6-7-14(28)29/h2-5,9,13,22H,6-8H2,1H3,(H,25,30)(H,28,29)(H,31,32)(H2,21,23,26,27)/t13-/m0/s1. The number of fused-ring (bicyclic) bond motifs is 1. The van der Waals surface area contributed by atoms with Gasteiger partial charge in [0.1, 0.15) is 6.04 Å². The van der Waals surface area contributed by atoms with E-state index in [0.717, 1.165) is 0 Å². The van der Waals surface area contributed by atoms with Crippen LogP contribution in [0, 0.1) is 0 Å². The van der Waals surface area contributed by atoms with Crippen molar-refractivity contribution in [3.63, 3.8) is 0 Å². The molecule has 1 aromatic carbocycles. The van der Waals surface area contributed by atoms with Crippen LogP contribution < -0.4 is 16.4 Å². The number of carbonyl (C=O) groups is 3. The van der Waals surface area contributed by atoms with Crippen molar-refractivity contribution in [1.82, 2.24) is 25.3 Å². The summed E-state index contributed by atoms with van der Waals surface area (Å²) in [7, 11) is 0. The van der Waals surface area contributed by atoms with Gasteiger partial charge in [0, 0.05) is 17.7 Å². The first kappa shape index (κ1) is 23.7. The predicted octanol–water partition coefficient (Wildman–Crippen LogP) is 1.38. The Morgan fingerprint density at radius 3 is 2.48 bits per heavy atom. The van der Waals surface area contributed by atoms with Crippen LogP contribution >= 0.6 is 11.8 Å². The molecule has 0 unspecified atom stereocenters. The van der Waals surface area contributed by atoms with E-state index in [1.165, 1.54) is 23.9 Å². The molecule has 12 nitrogen and oxygen atoms in total. The highest BCUT2D eigenvalue weighted by atomic mass is 32.2. The van der Waals surface area contributed by atoms with Crippen molar-refractivity contribution in [3.8, 4) is 0 Å². The predicted molar refractivity (Wildman–Crippen MR) is 121 cm³/mol. The topological polar surface area (TPSA) is 193 Å². The van der Waals surface area contributed by atoms with Gasteiger partial charge in [-0.1, -0.05) is 11.8 Å². The summed E-state index contributed by atoms with van der Waals surface area (Å²) in [5.74, 6) is -2.80. The summed E-state index contributed by atoms with van der Waals surface area (Å²) >= 11 is 1.36. The van der Waals surface area contributed by atoms with Gasteiger partial charge in [0.15, 0.2) is 22.1 Å². The summed E-state index contributed by atoms with van der Waals surface area (Å²) in [5.41, 5.74) is 8.31. The quantitative estimate of drug-likeness (QED) is 0.211. The maximum Gasteiger partial charge on any atom is 0.326 e. The van der Waals surface area contributed by atoms with E-state index in [9.17, 15) is 14.4 Å². The number of nitrogens with zero attached hydrogens (tertiary/aromatic N) is 4. The Bertz CT molecular complexity index is 1190. The van der Waals surface area contributed by atoms with Gasteiger partial charge in [-0.15, -0.1) is 0 Å². The third-order valence-corrected chi connectivity index (χ3v) is 5.06. The van der Waals surface area contributed by atoms with E-state index in [0.29, 0.717) is 34.2 Å². The van der Waals surface area contributed by atoms with Gasteiger partial charge in [0.2, 0.25) is 0 Å². The molecular formula is C20H21N7O5S. The van der Waals surface area contributed by atoms with Crippen LogP contribution in [0.5, 0.6) is 0 Å². The number of hydrogen-bond acceptors (Lipinski definition) is 10. The Morgan fingerprint density at radius 1 is 1.12 bits per heavy atom. The third-order valence-electron chi connectivity index (χ3n) is 4.52. The number of amides is 1. The SMILES string of the molecule is CSc1nc(N)c2nc(CNc3ccc(C(=O)N[C@@H](CCC(=O)O)C(=O)O)cc3)cnc2n1. The van der Waals surface area contributed by atoms with E-state index >= 15 is 0 Å². The number of aliphatic carboxylic acids is 2. The number of rotatable bonds is 10. The largest absolute Gasteiger partial charge is 0.481 e. The summed E-state index contributed by atoms with van der Waals surface area (Å²) in [6, 6.07) is 5.06. The summed E-state index contributed by atoms with van der Waals surface area (Å²) in [6.45, 7) is 0.328. The number of carboxylic acids is 2. The minimum absolute atomic E-state index is 0.211. The minimum Gasteiger partial charge on any atom is -0.481 e. The van der Waals surface area contributed by atoms with Crippen LogP contribution in [-0.4, -0.2) is 60.3 Å². The first-order valence-corrected chi connectivity index (χ1v) is 10.9. The molecule has 0 fully saturated rings. The van der Waals surface area contributed by atoms with Crippen LogP contribution in [0.3, 0.4) is 0 Å². The van der Waals surface area contributed by atoms with Gasteiger partial charge in [-0.3, -0.25) is 9.59 Å². The van der Waals surface area contributed by atoms with Gasteiger partial charge in [0.05, 0.1) is 18.4 Å². The van der Waals surface area contributed by atoms with Crippen molar-refractivity contribution in [1.29, 1.82) is 0 Å². The van der Waals surface area contributed by atoms with Crippen LogP contribution in [0.25, 0.3) is 11.2 Å². The van der Waals surface area contributed by atoms with Crippen LogP contribution in [0.15, 0.2) is 35.6 Å². The van der Waals surface area contributed by atoms with Gasteiger partial charge in [-0.25, -0.2) is 24.7 Å². The van der Waals surface area contributed by atoms with Gasteiger partial charge in [0.25, 0.3) is 5.91 Å². The minimum atomic E-state index is -1.30. The molecule has 6 N–H and O–H groups in total. The second kappa shape index (κ2) is 10.5. The van der Waals surface area contributed by atoms with E-state index in [2.05, 4.69) is 30.6 Å². The summed E-state index contributed by atoms with van der Waals surface area (Å²) in [4.78, 5) is 51.4. The highest BCUT2D eigenvalue weighted by Gasteiger charge is 2.21. The fraction of sp³-hybridized carbons (Fsp3) is 0.250. The van der Waals surface area contributed by atoms with Crippen molar-refractivity contribution in [3.05, 3.63) is 41.7 Å². The number of aromatic nitrogens is 4. The summed E-state index contributed by atoms with van der Waals surface area (Å²) in [6.07, 6.45) is 2.84. The zero-order chi connectivity index (χ0) is 24.0. The van der Waals surface area contributed by atoms with Crippen molar-refractivity contribution in [2.75, 3.05) is 17.3 Å². The number of nitrogens with one attached hydrogen (secondary N) is 2. The molecule has 0 bridgehead atoms. The zero-order valence-electron chi connectivity index (χ0n) is 17.5. The lowest BCUT2D eigenvalue weighted by molar-refractivity contribution is -0.140. The average Bonchev–Trinajstić information content (AvgIpc) is 2.80. The lowest BCUT2D eigenvalue weighted by atomic mass is 10.1. The molecule has 2 heterocycles. The van der Waals surface area contributed by atoms with Crippen LogP contribution in [-0.2, 0) is 16.1 Å². The van der Waals surface area contributed by atoms with Crippen molar-refractivity contribution >= 4 is 52.3 Å². The van der Waals surface area contributed by atoms with Crippen molar-refractivity contribution in [2.24, 2.45) is 0 Å². The molecule has 0 spiro atoms. The number of hydrogen-bond donors (Lipinski definition) is 5. The van der Waals surface area contributed by atoms with Crippen LogP contribution in [0.2, 0.25) is 0 Å². The molecule has 0 aliphatic rings. The normalized spacial score (nSPS) is 11.7. The molecule has 13 heteroatoms. The highest BCUT2D eigenvalue weighted by molar-refractivity contribution is 7.98. The molecule has 3 rings (SSSR count). The average molecular weight is 471 g/mol. The number of nitrogen functional groups attached to an aromatic ring is 1. The number of benzene rings is 1. The van der Waals surface area contributed by atoms with Gasteiger partial charge >= 0.3 is 11.9 Å². The Hall–Kier alpha value is -4.00. The first-order valence-electron chi connectivity index (χ1n) is 9.69. The number of nitrogens with two attached hydrogens (primary N) is 1. The van der Waals surface area contributed by atoms with Gasteiger partial charge in [-0.2, -0.15) is 0 Å². The molecule has 0 radical (unpaired) electrons. The maximum absolute atomic E-state index is 12.3. The van der Waals surface area contributed by atoms with E-state index in [-0.39, 0.29) is 24.2 Å². The van der Waals surface area contributed by atoms with Crippen LogP contribution in [0.1, 0.15) is 28.9 Å². The molecule has 2 aromatic heterocycles. The van der Waals surface area contributed by atoms with E-state index in [1.807, 2.05) is 6.26 Å². The zero-order valence-corrected chi connectivity index (χ0v) is 18.3. The molecule has 0 aliphatic carbocycles. The van der Waals surface area contributed by atoms with E-state index < -0.39 is 23.9 Å². The van der Waals surface area contributed by atoms with Crippen molar-refractivity contribution < 1.29 is 24.6 Å². The monoisotopic (exact) mass is 471 g/mol. The second-order valence-corrected chi connectivity index (χ2v) is 7.63. The Balaban J connectivity index is 1.62. The fourth-order valence-corrected chi connectivity index (χ4v) is 3.19. The number of anilines is 2. The molecule has 172 valence electrons.